The Morgan fingerprint density at radius 2 is 2.50 bits per heavy atom. The highest BCUT2D eigenvalue weighted by molar-refractivity contribution is 7.10. The van der Waals surface area contributed by atoms with E-state index in [1.54, 1.807) is 12.3 Å². The van der Waals surface area contributed by atoms with Crippen LogP contribution < -0.4 is 5.43 Å². The Morgan fingerprint density at radius 3 is 3.08 bits per heavy atom. The number of hydrogen-bond acceptors (Lipinski definition) is 4. The van der Waals surface area contributed by atoms with Crippen LogP contribution in [0.25, 0.3) is 6.08 Å². The molecule has 0 saturated carbocycles. The predicted molar refractivity (Wildman–Crippen MR) is 46.7 cm³/mol. The van der Waals surface area contributed by atoms with Crippen LogP contribution in [0.3, 0.4) is 0 Å². The zero-order chi connectivity index (χ0) is 8.39. The van der Waals surface area contributed by atoms with Crippen LogP contribution in [0.5, 0.6) is 0 Å². The van der Waals surface area contributed by atoms with Gasteiger partial charge in [-0.1, -0.05) is 0 Å². The number of hydrogen-bond donors (Lipinski definition) is 1. The summed E-state index contributed by atoms with van der Waals surface area (Å²) >= 11 is 1.48. The number of thiazole rings is 1. The minimum atomic E-state index is -0.176. The normalized spacial score (nSPS) is 18.7. The molecule has 0 radical (unpaired) electrons. The molecule has 0 atom stereocenters. The average molecular weight is 179 g/mol. The molecule has 1 aliphatic rings. The molecule has 2 rings (SSSR count). The van der Waals surface area contributed by atoms with Crippen molar-refractivity contribution in [2.45, 2.75) is 0 Å². The summed E-state index contributed by atoms with van der Waals surface area (Å²) in [5, 5.41) is 6.28. The first-order valence-electron chi connectivity index (χ1n) is 3.31. The van der Waals surface area contributed by atoms with Gasteiger partial charge in [0.05, 0.1) is 11.8 Å². The molecule has 1 N–H and O–H groups in total. The van der Waals surface area contributed by atoms with E-state index in [0.717, 1.165) is 5.01 Å². The maximum atomic E-state index is 11.0. The maximum Gasteiger partial charge on any atom is 0.273 e. The highest BCUT2D eigenvalue weighted by atomic mass is 32.1. The van der Waals surface area contributed by atoms with Crippen LogP contribution in [0.4, 0.5) is 0 Å². The molecular formula is C7H5N3OS. The molecule has 0 fully saturated rings. The number of aromatic nitrogens is 1. The molecule has 0 spiro atoms. The first-order valence-corrected chi connectivity index (χ1v) is 4.19. The molecule has 1 aromatic rings. The van der Waals surface area contributed by atoms with E-state index in [0.29, 0.717) is 5.57 Å². The van der Waals surface area contributed by atoms with Gasteiger partial charge in [0.15, 0.2) is 0 Å². The number of amides is 1. The second-order valence-corrected chi connectivity index (χ2v) is 3.10. The fourth-order valence-electron chi connectivity index (χ4n) is 0.825. The molecule has 5 heteroatoms. The van der Waals surface area contributed by atoms with Crippen molar-refractivity contribution in [2.75, 3.05) is 0 Å². The summed E-state index contributed by atoms with van der Waals surface area (Å²) in [7, 11) is 0. The van der Waals surface area contributed by atoms with Crippen LogP contribution in [-0.2, 0) is 4.79 Å². The predicted octanol–water partition coefficient (Wildman–Crippen LogP) is 0.642. The van der Waals surface area contributed by atoms with Crippen LogP contribution in [0, 0.1) is 0 Å². The molecule has 0 saturated heterocycles. The first-order chi connectivity index (χ1) is 5.86. The summed E-state index contributed by atoms with van der Waals surface area (Å²) in [4.78, 5) is 15.0. The van der Waals surface area contributed by atoms with E-state index in [1.807, 2.05) is 5.38 Å². The Labute approximate surface area is 72.6 Å². The quantitative estimate of drug-likeness (QED) is 0.643. The first kappa shape index (κ1) is 7.17. The van der Waals surface area contributed by atoms with Gasteiger partial charge in [-0.05, 0) is 6.08 Å². The van der Waals surface area contributed by atoms with E-state index in [-0.39, 0.29) is 5.91 Å². The highest BCUT2D eigenvalue weighted by Crippen LogP contribution is 2.10. The number of carbonyl (C=O) groups excluding carboxylic acids is 1. The van der Waals surface area contributed by atoms with Gasteiger partial charge < -0.3 is 0 Å². The van der Waals surface area contributed by atoms with Crippen molar-refractivity contribution < 1.29 is 4.79 Å². The molecule has 4 nitrogen and oxygen atoms in total. The van der Waals surface area contributed by atoms with Gasteiger partial charge in [0.2, 0.25) is 0 Å². The standard InChI is InChI=1S/C7H5N3OS/c11-7-5(4-9-10-7)3-6-8-1-2-12-6/h1-4H,(H,10,11)/b5-3+. The fraction of sp³-hybridized carbons (Fsp3) is 0. The largest absolute Gasteiger partial charge is 0.273 e. The molecule has 2 heterocycles. The Balaban J connectivity index is 2.29. The Hall–Kier alpha value is -1.49. The van der Waals surface area contributed by atoms with Crippen molar-refractivity contribution in [1.29, 1.82) is 0 Å². The van der Waals surface area contributed by atoms with E-state index in [4.69, 9.17) is 0 Å². The van der Waals surface area contributed by atoms with Crippen LogP contribution in [0.15, 0.2) is 22.3 Å². The van der Waals surface area contributed by atoms with E-state index in [2.05, 4.69) is 15.5 Å². The van der Waals surface area contributed by atoms with E-state index >= 15 is 0 Å². The second-order valence-electron chi connectivity index (χ2n) is 2.17. The highest BCUT2D eigenvalue weighted by Gasteiger charge is 2.11. The Bertz CT molecular complexity index is 353. The van der Waals surface area contributed by atoms with E-state index in [1.165, 1.54) is 17.6 Å². The van der Waals surface area contributed by atoms with Gasteiger partial charge in [0, 0.05) is 11.6 Å². The summed E-state index contributed by atoms with van der Waals surface area (Å²) in [6.45, 7) is 0. The van der Waals surface area contributed by atoms with Gasteiger partial charge in [-0.2, -0.15) is 5.10 Å². The van der Waals surface area contributed by atoms with Gasteiger partial charge in [0.25, 0.3) is 5.91 Å². The number of nitrogens with one attached hydrogen (secondary N) is 1. The monoisotopic (exact) mass is 179 g/mol. The molecule has 12 heavy (non-hydrogen) atoms. The summed E-state index contributed by atoms with van der Waals surface area (Å²) < 4.78 is 0. The molecule has 0 bridgehead atoms. The topological polar surface area (TPSA) is 54.4 Å². The number of carbonyl (C=O) groups is 1. The van der Waals surface area contributed by atoms with Gasteiger partial charge in [-0.15, -0.1) is 11.3 Å². The molecule has 1 aromatic heterocycles. The second kappa shape index (κ2) is 2.86. The van der Waals surface area contributed by atoms with Gasteiger partial charge in [0.1, 0.15) is 5.01 Å². The molecular weight excluding hydrogens is 174 g/mol. The lowest BCUT2D eigenvalue weighted by Crippen LogP contribution is -2.11. The molecule has 60 valence electrons. The lowest BCUT2D eigenvalue weighted by Gasteiger charge is -1.87. The zero-order valence-corrected chi connectivity index (χ0v) is 6.84. The van der Waals surface area contributed by atoms with Gasteiger partial charge in [-0.25, -0.2) is 10.4 Å². The van der Waals surface area contributed by atoms with Crippen molar-refractivity contribution in [1.82, 2.24) is 10.4 Å². The van der Waals surface area contributed by atoms with Crippen LogP contribution in [-0.4, -0.2) is 17.1 Å². The minimum absolute atomic E-state index is 0.176. The zero-order valence-electron chi connectivity index (χ0n) is 6.02. The fourth-order valence-corrected chi connectivity index (χ4v) is 1.40. The Morgan fingerprint density at radius 1 is 1.58 bits per heavy atom. The maximum absolute atomic E-state index is 11.0. The summed E-state index contributed by atoms with van der Waals surface area (Å²) in [5.41, 5.74) is 2.87. The van der Waals surface area contributed by atoms with Crippen molar-refractivity contribution >= 4 is 29.5 Å². The van der Waals surface area contributed by atoms with Crippen LogP contribution in [0.2, 0.25) is 0 Å². The number of hydrazone groups is 1. The van der Waals surface area contributed by atoms with Crippen molar-refractivity contribution in [3.63, 3.8) is 0 Å². The third-order valence-electron chi connectivity index (χ3n) is 1.36. The molecule has 1 amide bonds. The average Bonchev–Trinajstić information content (AvgIpc) is 2.65. The SMILES string of the molecule is O=C1NN=C/C1=C\c1nccs1. The van der Waals surface area contributed by atoms with E-state index in [9.17, 15) is 4.79 Å². The smallest absolute Gasteiger partial charge is 0.267 e. The molecule has 0 aliphatic carbocycles. The summed E-state index contributed by atoms with van der Waals surface area (Å²) in [6.07, 6.45) is 4.89. The minimum Gasteiger partial charge on any atom is -0.267 e. The van der Waals surface area contributed by atoms with Gasteiger partial charge >= 0.3 is 0 Å². The third-order valence-corrected chi connectivity index (χ3v) is 2.08. The summed E-state index contributed by atoms with van der Waals surface area (Å²) in [6, 6.07) is 0. The number of nitrogens with zero attached hydrogens (tertiary/aromatic N) is 2. The van der Waals surface area contributed by atoms with Gasteiger partial charge in [-0.3, -0.25) is 4.79 Å². The van der Waals surface area contributed by atoms with Crippen molar-refractivity contribution in [3.05, 3.63) is 22.2 Å². The molecule has 0 unspecified atom stereocenters. The van der Waals surface area contributed by atoms with E-state index < -0.39 is 0 Å². The molecule has 0 aromatic carbocycles. The van der Waals surface area contributed by atoms with Crippen LogP contribution in [0.1, 0.15) is 5.01 Å². The number of rotatable bonds is 1. The summed E-state index contributed by atoms with van der Waals surface area (Å²) in [5.74, 6) is -0.176. The van der Waals surface area contributed by atoms with Crippen molar-refractivity contribution in [2.24, 2.45) is 5.10 Å². The van der Waals surface area contributed by atoms with Crippen LogP contribution >= 0.6 is 11.3 Å². The Kier molecular flexibility index (Phi) is 1.71. The third kappa shape index (κ3) is 1.26. The lowest BCUT2D eigenvalue weighted by atomic mass is 10.3. The molecule has 1 aliphatic heterocycles. The van der Waals surface area contributed by atoms with Crippen molar-refractivity contribution in [3.8, 4) is 0 Å². The lowest BCUT2D eigenvalue weighted by molar-refractivity contribution is -0.116.